The predicted octanol–water partition coefficient (Wildman–Crippen LogP) is 2.11. The number of carbonyl (C=O) groups is 2. The number of fused-ring (bicyclic) bond motifs is 1. The Labute approximate surface area is 130 Å². The van der Waals surface area contributed by atoms with Crippen molar-refractivity contribution in [2.75, 3.05) is 13.6 Å². The summed E-state index contributed by atoms with van der Waals surface area (Å²) in [6, 6.07) is 5.46. The Morgan fingerprint density at radius 2 is 2.14 bits per heavy atom. The zero-order valence-corrected chi connectivity index (χ0v) is 13.0. The molecule has 116 valence electrons. The molecule has 1 heterocycles. The van der Waals surface area contributed by atoms with Crippen molar-refractivity contribution in [3.05, 3.63) is 34.9 Å². The molecule has 3 aliphatic rings. The minimum absolute atomic E-state index is 0.0148. The summed E-state index contributed by atoms with van der Waals surface area (Å²) in [6.45, 7) is 0.952. The quantitative estimate of drug-likeness (QED) is 0.863. The van der Waals surface area contributed by atoms with Gasteiger partial charge in [0.2, 0.25) is 5.91 Å². The minimum atomic E-state index is -0.408. The molecule has 0 spiro atoms. The Morgan fingerprint density at radius 1 is 1.32 bits per heavy atom. The molecule has 2 fully saturated rings. The van der Waals surface area contributed by atoms with Crippen LogP contribution in [0.3, 0.4) is 0 Å². The second-order valence-electron chi connectivity index (χ2n) is 7.17. The number of amides is 1. The molecule has 3 atom stereocenters. The molecule has 1 aliphatic heterocycles. The van der Waals surface area contributed by atoms with E-state index in [1.54, 1.807) is 6.07 Å². The summed E-state index contributed by atoms with van der Waals surface area (Å²) < 4.78 is 0. The first-order chi connectivity index (χ1) is 10.5. The third kappa shape index (κ3) is 1.67. The number of benzene rings is 1. The highest BCUT2D eigenvalue weighted by Crippen LogP contribution is 2.55. The van der Waals surface area contributed by atoms with Crippen molar-refractivity contribution in [1.29, 1.82) is 0 Å². The molecule has 4 heteroatoms. The SMILES string of the molecule is CN1CC[C@]23CCCC[C@H]2[C@H]1C(=O)c1ccc(C(N)=O)cc13. The minimum Gasteiger partial charge on any atom is -0.366 e. The van der Waals surface area contributed by atoms with Gasteiger partial charge in [0.15, 0.2) is 5.78 Å². The van der Waals surface area contributed by atoms with Gasteiger partial charge in [-0.15, -0.1) is 0 Å². The van der Waals surface area contributed by atoms with Crippen LogP contribution in [0, 0.1) is 5.92 Å². The standard InChI is InChI=1S/C18H22N2O2/c1-20-9-8-18-7-3-2-4-13(18)15(20)16(21)12-6-5-11(17(19)22)10-14(12)18/h5-6,10,13,15H,2-4,7-9H2,1H3,(H2,19,22)/t13-,15-,18+/m0/s1. The topological polar surface area (TPSA) is 63.4 Å². The predicted molar refractivity (Wildman–Crippen MR) is 84.0 cm³/mol. The van der Waals surface area contributed by atoms with Crippen LogP contribution in [-0.4, -0.2) is 36.2 Å². The molecule has 1 amide bonds. The van der Waals surface area contributed by atoms with E-state index in [4.69, 9.17) is 5.73 Å². The molecule has 2 aliphatic carbocycles. The van der Waals surface area contributed by atoms with Gasteiger partial charge in [-0.25, -0.2) is 0 Å². The van der Waals surface area contributed by atoms with Crippen LogP contribution in [0.1, 0.15) is 58.4 Å². The number of ketones is 1. The second kappa shape index (κ2) is 4.66. The number of hydrogen-bond donors (Lipinski definition) is 1. The number of nitrogens with zero attached hydrogens (tertiary/aromatic N) is 1. The average molecular weight is 298 g/mol. The lowest BCUT2D eigenvalue weighted by Gasteiger charge is -2.57. The largest absolute Gasteiger partial charge is 0.366 e. The van der Waals surface area contributed by atoms with Gasteiger partial charge in [0.25, 0.3) is 0 Å². The van der Waals surface area contributed by atoms with E-state index in [0.29, 0.717) is 11.5 Å². The fourth-order valence-corrected chi connectivity index (χ4v) is 5.19. The summed E-state index contributed by atoms with van der Waals surface area (Å²) in [5.41, 5.74) is 7.99. The van der Waals surface area contributed by atoms with Crippen LogP contribution in [-0.2, 0) is 5.41 Å². The zero-order chi connectivity index (χ0) is 15.5. The number of carbonyl (C=O) groups excluding carboxylic acids is 2. The molecule has 1 saturated heterocycles. The van der Waals surface area contributed by atoms with Crippen LogP contribution in [0.15, 0.2) is 18.2 Å². The van der Waals surface area contributed by atoms with Crippen LogP contribution < -0.4 is 5.73 Å². The fourth-order valence-electron chi connectivity index (χ4n) is 5.19. The Kier molecular flexibility index (Phi) is 2.95. The van der Waals surface area contributed by atoms with Gasteiger partial charge in [0.05, 0.1) is 6.04 Å². The normalized spacial score (nSPS) is 34.0. The summed E-state index contributed by atoms with van der Waals surface area (Å²) in [5, 5.41) is 0. The third-order valence-corrected chi connectivity index (χ3v) is 6.24. The number of primary amides is 1. The molecule has 1 saturated carbocycles. The molecule has 0 aromatic heterocycles. The molecule has 4 nitrogen and oxygen atoms in total. The molecule has 1 aromatic rings. The summed E-state index contributed by atoms with van der Waals surface area (Å²) in [6.07, 6.45) is 5.73. The molecule has 0 radical (unpaired) electrons. The van der Waals surface area contributed by atoms with Crippen molar-refractivity contribution in [2.24, 2.45) is 11.7 Å². The van der Waals surface area contributed by atoms with Crippen molar-refractivity contribution >= 4 is 11.7 Å². The molecule has 4 rings (SSSR count). The van der Waals surface area contributed by atoms with E-state index < -0.39 is 5.91 Å². The maximum Gasteiger partial charge on any atom is 0.248 e. The summed E-state index contributed by atoms with van der Waals surface area (Å²) in [4.78, 5) is 26.8. The van der Waals surface area contributed by atoms with Gasteiger partial charge < -0.3 is 5.73 Å². The lowest BCUT2D eigenvalue weighted by Crippen LogP contribution is -2.62. The average Bonchev–Trinajstić information content (AvgIpc) is 2.53. The van der Waals surface area contributed by atoms with Gasteiger partial charge in [0, 0.05) is 16.5 Å². The number of Topliss-reactive ketones (excluding diaryl/α,β-unsaturated/α-hetero) is 1. The van der Waals surface area contributed by atoms with Crippen molar-refractivity contribution in [3.8, 4) is 0 Å². The van der Waals surface area contributed by atoms with E-state index in [-0.39, 0.29) is 17.2 Å². The summed E-state index contributed by atoms with van der Waals surface area (Å²) >= 11 is 0. The van der Waals surface area contributed by atoms with Gasteiger partial charge >= 0.3 is 0 Å². The first kappa shape index (κ1) is 13.9. The Morgan fingerprint density at radius 3 is 2.91 bits per heavy atom. The van der Waals surface area contributed by atoms with Crippen LogP contribution >= 0.6 is 0 Å². The van der Waals surface area contributed by atoms with E-state index in [1.807, 2.05) is 12.1 Å². The maximum absolute atomic E-state index is 13.0. The molecule has 0 unspecified atom stereocenters. The first-order valence-corrected chi connectivity index (χ1v) is 8.23. The number of likely N-dealkylation sites (tertiary alicyclic amines) is 1. The molecule has 2 bridgehead atoms. The first-order valence-electron chi connectivity index (χ1n) is 8.23. The third-order valence-electron chi connectivity index (χ3n) is 6.24. The van der Waals surface area contributed by atoms with Gasteiger partial charge in [-0.2, -0.15) is 0 Å². The van der Waals surface area contributed by atoms with E-state index in [1.165, 1.54) is 12.8 Å². The molecular weight excluding hydrogens is 276 g/mol. The van der Waals surface area contributed by atoms with E-state index in [0.717, 1.165) is 36.9 Å². The lowest BCUT2D eigenvalue weighted by atomic mass is 9.52. The summed E-state index contributed by atoms with van der Waals surface area (Å²) in [5.74, 6) is 0.216. The number of likely N-dealkylation sites (N-methyl/N-ethyl adjacent to an activating group) is 1. The molecule has 2 N–H and O–H groups in total. The smallest absolute Gasteiger partial charge is 0.248 e. The highest BCUT2D eigenvalue weighted by atomic mass is 16.1. The van der Waals surface area contributed by atoms with Crippen LogP contribution in [0.4, 0.5) is 0 Å². The number of nitrogens with two attached hydrogens (primary N) is 1. The summed E-state index contributed by atoms with van der Waals surface area (Å²) in [7, 11) is 2.07. The highest BCUT2D eigenvalue weighted by Gasteiger charge is 2.56. The van der Waals surface area contributed by atoms with Crippen molar-refractivity contribution in [2.45, 2.75) is 43.6 Å². The van der Waals surface area contributed by atoms with Crippen LogP contribution in [0.5, 0.6) is 0 Å². The van der Waals surface area contributed by atoms with Crippen molar-refractivity contribution < 1.29 is 9.59 Å². The van der Waals surface area contributed by atoms with Gasteiger partial charge in [-0.1, -0.05) is 18.9 Å². The van der Waals surface area contributed by atoms with Crippen LogP contribution in [0.2, 0.25) is 0 Å². The van der Waals surface area contributed by atoms with E-state index in [2.05, 4.69) is 11.9 Å². The maximum atomic E-state index is 13.0. The molecule has 1 aromatic carbocycles. The van der Waals surface area contributed by atoms with Gasteiger partial charge in [-0.05, 0) is 56.5 Å². The lowest BCUT2D eigenvalue weighted by molar-refractivity contribution is 0.00840. The van der Waals surface area contributed by atoms with Crippen molar-refractivity contribution in [1.82, 2.24) is 4.90 Å². The second-order valence-corrected chi connectivity index (χ2v) is 7.17. The van der Waals surface area contributed by atoms with Gasteiger partial charge in [-0.3, -0.25) is 14.5 Å². The number of piperidine rings is 1. The van der Waals surface area contributed by atoms with Crippen LogP contribution in [0.25, 0.3) is 0 Å². The van der Waals surface area contributed by atoms with Crippen molar-refractivity contribution in [3.63, 3.8) is 0 Å². The molecule has 22 heavy (non-hydrogen) atoms. The molecular formula is C18H22N2O2. The number of rotatable bonds is 1. The Hall–Kier alpha value is -1.68. The fraction of sp³-hybridized carbons (Fsp3) is 0.556. The van der Waals surface area contributed by atoms with E-state index in [9.17, 15) is 9.59 Å². The highest BCUT2D eigenvalue weighted by molar-refractivity contribution is 6.05. The van der Waals surface area contributed by atoms with Gasteiger partial charge in [0.1, 0.15) is 0 Å². The number of hydrogen-bond acceptors (Lipinski definition) is 3. The zero-order valence-electron chi connectivity index (χ0n) is 13.0. The Balaban J connectivity index is 1.96. The monoisotopic (exact) mass is 298 g/mol. The Bertz CT molecular complexity index is 669. The van der Waals surface area contributed by atoms with E-state index >= 15 is 0 Å².